The van der Waals surface area contributed by atoms with E-state index in [1.165, 1.54) is 6.92 Å². The molecule has 0 radical (unpaired) electrons. The Morgan fingerprint density at radius 1 is 1.25 bits per heavy atom. The molecule has 2 N–H and O–H groups in total. The van der Waals surface area contributed by atoms with Crippen LogP contribution in [0.25, 0.3) is 0 Å². The number of hydrogen-bond acceptors (Lipinski definition) is 5. The Kier molecular flexibility index (Phi) is 6.13. The lowest BCUT2D eigenvalue weighted by Crippen LogP contribution is -2.41. The van der Waals surface area contributed by atoms with Crippen LogP contribution in [-0.4, -0.2) is 39.9 Å². The third-order valence-corrected chi connectivity index (χ3v) is 4.50. The van der Waals surface area contributed by atoms with Crippen molar-refractivity contribution in [1.29, 1.82) is 0 Å². The average Bonchev–Trinajstić information content (AvgIpc) is 2.63. The van der Waals surface area contributed by atoms with Crippen LogP contribution < -0.4 is 10.6 Å². The SMILES string of the molecule is CC(=O)Nc1ccc(CN2CCCC(Nc3cc(C(F)(F)F)ncn3)C2)cc1. The second-order valence-corrected chi connectivity index (χ2v) is 6.88. The number of carbonyl (C=O) groups excluding carboxylic acids is 1. The van der Waals surface area contributed by atoms with Crippen LogP contribution >= 0.6 is 0 Å². The zero-order valence-electron chi connectivity index (χ0n) is 15.5. The number of carbonyl (C=O) groups is 1. The number of benzene rings is 1. The molecule has 1 aromatic carbocycles. The van der Waals surface area contributed by atoms with E-state index in [4.69, 9.17) is 0 Å². The fourth-order valence-corrected chi connectivity index (χ4v) is 3.27. The van der Waals surface area contributed by atoms with Gasteiger partial charge in [-0.2, -0.15) is 13.2 Å². The molecule has 1 amide bonds. The smallest absolute Gasteiger partial charge is 0.366 e. The maximum Gasteiger partial charge on any atom is 0.433 e. The summed E-state index contributed by atoms with van der Waals surface area (Å²) in [7, 11) is 0. The Hall–Kier alpha value is -2.68. The van der Waals surface area contributed by atoms with E-state index in [0.29, 0.717) is 6.54 Å². The summed E-state index contributed by atoms with van der Waals surface area (Å²) in [5.41, 5.74) is 0.909. The number of likely N-dealkylation sites (tertiary alicyclic amines) is 1. The first-order valence-electron chi connectivity index (χ1n) is 9.04. The van der Waals surface area contributed by atoms with E-state index < -0.39 is 11.9 Å². The van der Waals surface area contributed by atoms with Crippen LogP contribution in [0.5, 0.6) is 0 Å². The minimum Gasteiger partial charge on any atom is -0.366 e. The van der Waals surface area contributed by atoms with Gasteiger partial charge in [-0.25, -0.2) is 9.97 Å². The number of hydrogen-bond donors (Lipinski definition) is 2. The normalized spacial score (nSPS) is 17.9. The van der Waals surface area contributed by atoms with Gasteiger partial charge in [-0.15, -0.1) is 0 Å². The molecule has 9 heteroatoms. The monoisotopic (exact) mass is 393 g/mol. The van der Waals surface area contributed by atoms with Gasteiger partial charge in [-0.05, 0) is 37.1 Å². The molecule has 2 heterocycles. The van der Waals surface area contributed by atoms with Crippen LogP contribution in [-0.2, 0) is 17.5 Å². The van der Waals surface area contributed by atoms with Crippen LogP contribution in [0.3, 0.4) is 0 Å². The fourth-order valence-electron chi connectivity index (χ4n) is 3.27. The topological polar surface area (TPSA) is 70.2 Å². The first kappa shape index (κ1) is 20.1. The van der Waals surface area contributed by atoms with Gasteiger partial charge in [0.15, 0.2) is 0 Å². The van der Waals surface area contributed by atoms with E-state index in [0.717, 1.165) is 49.6 Å². The van der Waals surface area contributed by atoms with Crippen LogP contribution in [0.4, 0.5) is 24.7 Å². The number of piperidine rings is 1. The van der Waals surface area contributed by atoms with Gasteiger partial charge in [0.2, 0.25) is 5.91 Å². The van der Waals surface area contributed by atoms with Crippen molar-refractivity contribution in [3.05, 3.63) is 47.9 Å². The zero-order chi connectivity index (χ0) is 20.1. The summed E-state index contributed by atoms with van der Waals surface area (Å²) in [4.78, 5) is 20.5. The summed E-state index contributed by atoms with van der Waals surface area (Å²) in [6.07, 6.45) is -1.74. The molecule has 3 rings (SSSR count). The average molecular weight is 393 g/mol. The molecular weight excluding hydrogens is 371 g/mol. The lowest BCUT2D eigenvalue weighted by Gasteiger charge is -2.33. The first-order valence-corrected chi connectivity index (χ1v) is 9.04. The van der Waals surface area contributed by atoms with Crippen molar-refractivity contribution in [3.8, 4) is 0 Å². The molecule has 1 saturated heterocycles. The van der Waals surface area contributed by atoms with Crippen LogP contribution in [0.2, 0.25) is 0 Å². The number of aromatic nitrogens is 2. The van der Waals surface area contributed by atoms with Crippen LogP contribution in [0, 0.1) is 0 Å². The molecule has 150 valence electrons. The van der Waals surface area contributed by atoms with Gasteiger partial charge in [-0.1, -0.05) is 12.1 Å². The third kappa shape index (κ3) is 5.66. The number of alkyl halides is 3. The van der Waals surface area contributed by atoms with Crippen LogP contribution in [0.1, 0.15) is 31.0 Å². The summed E-state index contributed by atoms with van der Waals surface area (Å²) < 4.78 is 38.4. The summed E-state index contributed by atoms with van der Waals surface area (Å²) >= 11 is 0. The number of halogens is 3. The van der Waals surface area contributed by atoms with Crippen molar-refractivity contribution in [2.24, 2.45) is 0 Å². The lowest BCUT2D eigenvalue weighted by atomic mass is 10.0. The molecule has 1 aliphatic rings. The summed E-state index contributed by atoms with van der Waals surface area (Å²) in [6, 6.07) is 8.60. The molecule has 1 unspecified atom stereocenters. The highest BCUT2D eigenvalue weighted by molar-refractivity contribution is 5.88. The van der Waals surface area contributed by atoms with Gasteiger partial charge in [0.1, 0.15) is 17.8 Å². The first-order chi connectivity index (χ1) is 13.3. The Bertz CT molecular complexity index is 810. The summed E-state index contributed by atoms with van der Waals surface area (Å²) in [5, 5.41) is 5.83. The van der Waals surface area contributed by atoms with Crippen molar-refractivity contribution in [2.45, 2.75) is 38.5 Å². The van der Waals surface area contributed by atoms with Crippen molar-refractivity contribution in [2.75, 3.05) is 23.7 Å². The Balaban J connectivity index is 1.58. The summed E-state index contributed by atoms with van der Waals surface area (Å²) in [6.45, 7) is 3.82. The Morgan fingerprint density at radius 3 is 2.68 bits per heavy atom. The van der Waals surface area contributed by atoms with Gasteiger partial charge >= 0.3 is 6.18 Å². The Morgan fingerprint density at radius 2 is 2.00 bits per heavy atom. The molecule has 1 atom stereocenters. The van der Waals surface area contributed by atoms with E-state index in [-0.39, 0.29) is 17.8 Å². The Labute approximate surface area is 161 Å². The van der Waals surface area contributed by atoms with E-state index in [9.17, 15) is 18.0 Å². The van der Waals surface area contributed by atoms with E-state index in [2.05, 4.69) is 25.5 Å². The maximum absolute atomic E-state index is 12.8. The predicted octanol–water partition coefficient (Wildman–Crippen LogP) is 3.53. The molecule has 0 saturated carbocycles. The van der Waals surface area contributed by atoms with Crippen molar-refractivity contribution >= 4 is 17.4 Å². The van der Waals surface area contributed by atoms with Crippen molar-refractivity contribution in [1.82, 2.24) is 14.9 Å². The van der Waals surface area contributed by atoms with Crippen molar-refractivity contribution in [3.63, 3.8) is 0 Å². The predicted molar refractivity (Wildman–Crippen MR) is 99.7 cm³/mol. The minimum atomic E-state index is -4.48. The second kappa shape index (κ2) is 8.55. The van der Waals surface area contributed by atoms with E-state index >= 15 is 0 Å². The van der Waals surface area contributed by atoms with Gasteiger partial charge in [-0.3, -0.25) is 9.69 Å². The molecule has 6 nitrogen and oxygen atoms in total. The summed E-state index contributed by atoms with van der Waals surface area (Å²) in [5.74, 6) is 0.0740. The van der Waals surface area contributed by atoms with Gasteiger partial charge in [0.05, 0.1) is 0 Å². The molecule has 0 bridgehead atoms. The van der Waals surface area contributed by atoms with Gasteiger partial charge in [0.25, 0.3) is 0 Å². The van der Waals surface area contributed by atoms with E-state index in [1.54, 1.807) is 0 Å². The van der Waals surface area contributed by atoms with E-state index in [1.807, 2.05) is 24.3 Å². The standard InChI is InChI=1S/C19H22F3N5O/c1-13(28)25-15-6-4-14(5-7-15)10-27-8-2-3-16(11-27)26-18-9-17(19(20,21)22)23-12-24-18/h4-7,9,12,16H,2-3,8,10-11H2,1H3,(H,25,28)(H,23,24,26). The molecule has 0 aliphatic carbocycles. The highest BCUT2D eigenvalue weighted by Gasteiger charge is 2.33. The van der Waals surface area contributed by atoms with Crippen molar-refractivity contribution < 1.29 is 18.0 Å². The molecule has 28 heavy (non-hydrogen) atoms. The fraction of sp³-hybridized carbons (Fsp3) is 0.421. The highest BCUT2D eigenvalue weighted by atomic mass is 19.4. The molecule has 0 spiro atoms. The molecule has 1 aliphatic heterocycles. The van der Waals surface area contributed by atoms with Crippen LogP contribution in [0.15, 0.2) is 36.7 Å². The number of anilines is 2. The van der Waals surface area contributed by atoms with Gasteiger partial charge in [0, 0.05) is 37.8 Å². The number of amides is 1. The second-order valence-electron chi connectivity index (χ2n) is 6.88. The molecule has 1 fully saturated rings. The zero-order valence-corrected chi connectivity index (χ0v) is 15.5. The maximum atomic E-state index is 12.8. The number of nitrogens with zero attached hydrogens (tertiary/aromatic N) is 3. The molecular formula is C19H22F3N5O. The highest BCUT2D eigenvalue weighted by Crippen LogP contribution is 2.28. The minimum absolute atomic E-state index is 0.0170. The van der Waals surface area contributed by atoms with Gasteiger partial charge < -0.3 is 10.6 Å². The number of rotatable bonds is 5. The molecule has 1 aromatic heterocycles. The lowest BCUT2D eigenvalue weighted by molar-refractivity contribution is -0.141. The number of nitrogens with one attached hydrogen (secondary N) is 2. The third-order valence-electron chi connectivity index (χ3n) is 4.50. The quantitative estimate of drug-likeness (QED) is 0.813. The largest absolute Gasteiger partial charge is 0.433 e. The molecule has 2 aromatic rings.